The second-order valence-electron chi connectivity index (χ2n) is 5.80. The minimum absolute atomic E-state index is 0.0233. The van der Waals surface area contributed by atoms with Crippen LogP contribution in [0.4, 0.5) is 8.78 Å². The normalized spacial score (nSPS) is 12.2. The minimum Gasteiger partial charge on any atom is -0.477 e. The van der Waals surface area contributed by atoms with Crippen LogP contribution >= 0.6 is 34.5 Å². The summed E-state index contributed by atoms with van der Waals surface area (Å²) < 4.78 is 30.5. The van der Waals surface area contributed by atoms with Gasteiger partial charge in [0.2, 0.25) is 0 Å². The van der Waals surface area contributed by atoms with E-state index >= 15 is 0 Å². The van der Waals surface area contributed by atoms with E-state index < -0.39 is 17.4 Å². The van der Waals surface area contributed by atoms with Crippen molar-refractivity contribution in [2.24, 2.45) is 7.05 Å². The van der Waals surface area contributed by atoms with Gasteiger partial charge in [-0.2, -0.15) is 13.3 Å². The number of halogens is 4. The SMILES string of the molecule is Cn1ccc2n1c(=O)c(CCCC(F)(F)Cl)c(O)[n+]2Cc1cnc(Cl)s1. The first kappa shape index (κ1) is 19.1. The third-order valence-corrected chi connectivity index (χ3v) is 5.24. The summed E-state index contributed by atoms with van der Waals surface area (Å²) in [7, 11) is 1.68. The molecule has 3 heterocycles. The molecule has 0 aromatic carbocycles. The van der Waals surface area contributed by atoms with Crippen LogP contribution in [-0.2, 0) is 20.0 Å². The number of aromatic hydroxyl groups is 1. The molecule has 140 valence electrons. The maximum absolute atomic E-state index is 12.9. The third kappa shape index (κ3) is 3.84. The molecule has 0 spiro atoms. The summed E-state index contributed by atoms with van der Waals surface area (Å²) in [6, 6.07) is 1.68. The van der Waals surface area contributed by atoms with Gasteiger partial charge in [0.05, 0.1) is 17.1 Å². The highest BCUT2D eigenvalue weighted by atomic mass is 35.5. The number of alkyl halides is 3. The van der Waals surface area contributed by atoms with Gasteiger partial charge in [-0.1, -0.05) is 16.1 Å². The molecule has 0 saturated heterocycles. The number of aryl methyl sites for hydroxylation is 1. The second-order valence-corrected chi connectivity index (χ2v) is 8.05. The Balaban J connectivity index is 2.06. The standard InChI is InChI=1S/C15H14Cl2F2N4O2S/c1-21-6-4-11-22(8-9-7-20-14(16)26-9)12(24)10(13(25)23(11)21)3-2-5-15(17,18)19/h4,6-7H,2-3,5,8H2,1H3/p+1. The van der Waals surface area contributed by atoms with E-state index in [1.54, 1.807) is 30.2 Å². The number of rotatable bonds is 6. The molecular formula is C15H15Cl2F2N4O2S+. The van der Waals surface area contributed by atoms with Crippen LogP contribution in [0.5, 0.6) is 5.88 Å². The van der Waals surface area contributed by atoms with E-state index in [2.05, 4.69) is 4.98 Å². The van der Waals surface area contributed by atoms with Crippen molar-refractivity contribution in [1.82, 2.24) is 14.2 Å². The lowest BCUT2D eigenvalue weighted by Crippen LogP contribution is -2.42. The summed E-state index contributed by atoms with van der Waals surface area (Å²) >= 11 is 12.0. The molecule has 0 bridgehead atoms. The van der Waals surface area contributed by atoms with Gasteiger partial charge in [0, 0.05) is 19.7 Å². The minimum atomic E-state index is -3.34. The monoisotopic (exact) mass is 423 g/mol. The van der Waals surface area contributed by atoms with Gasteiger partial charge in [-0.3, -0.25) is 0 Å². The van der Waals surface area contributed by atoms with Gasteiger partial charge in [0.15, 0.2) is 4.47 Å². The number of thiazole rings is 1. The third-order valence-electron chi connectivity index (χ3n) is 3.95. The summed E-state index contributed by atoms with van der Waals surface area (Å²) in [5.41, 5.74) is 0.0632. The van der Waals surface area contributed by atoms with Gasteiger partial charge in [-0.15, -0.1) is 11.3 Å². The van der Waals surface area contributed by atoms with E-state index in [1.807, 2.05) is 0 Å². The van der Waals surface area contributed by atoms with Crippen LogP contribution in [0, 0.1) is 0 Å². The van der Waals surface area contributed by atoms with Gasteiger partial charge < -0.3 is 5.11 Å². The molecule has 26 heavy (non-hydrogen) atoms. The van der Waals surface area contributed by atoms with Gasteiger partial charge in [-0.05, 0) is 24.4 Å². The van der Waals surface area contributed by atoms with Crippen molar-refractivity contribution in [3.8, 4) is 5.88 Å². The molecule has 0 fully saturated rings. The molecule has 0 aliphatic carbocycles. The summed E-state index contributed by atoms with van der Waals surface area (Å²) in [4.78, 5) is 17.5. The fourth-order valence-corrected chi connectivity index (χ4v) is 3.87. The first-order valence-corrected chi connectivity index (χ1v) is 9.23. The average Bonchev–Trinajstić information content (AvgIpc) is 3.12. The van der Waals surface area contributed by atoms with Crippen LogP contribution in [0.1, 0.15) is 23.3 Å². The molecule has 0 amide bonds. The summed E-state index contributed by atoms with van der Waals surface area (Å²) in [5.74, 6) is -0.261. The molecule has 6 nitrogen and oxygen atoms in total. The molecule has 0 saturated carbocycles. The maximum Gasteiger partial charge on any atom is 0.368 e. The van der Waals surface area contributed by atoms with E-state index in [0.29, 0.717) is 10.1 Å². The Labute approximate surface area is 160 Å². The van der Waals surface area contributed by atoms with Crippen molar-refractivity contribution in [2.45, 2.75) is 31.2 Å². The lowest BCUT2D eigenvalue weighted by Gasteiger charge is -2.09. The predicted octanol–water partition coefficient (Wildman–Crippen LogP) is 2.94. The topological polar surface area (TPSA) is 63.4 Å². The molecule has 0 unspecified atom stereocenters. The van der Waals surface area contributed by atoms with Crippen LogP contribution in [0.15, 0.2) is 23.3 Å². The molecule has 1 N–H and O–H groups in total. The Morgan fingerprint density at radius 2 is 2.19 bits per heavy atom. The van der Waals surface area contributed by atoms with E-state index in [1.165, 1.54) is 20.4 Å². The molecule has 0 aliphatic heterocycles. The fraction of sp³-hybridized carbons (Fsp3) is 0.400. The van der Waals surface area contributed by atoms with Crippen molar-refractivity contribution >= 4 is 40.2 Å². The van der Waals surface area contributed by atoms with Crippen molar-refractivity contribution in [1.29, 1.82) is 0 Å². The van der Waals surface area contributed by atoms with Crippen LogP contribution in [0.25, 0.3) is 5.65 Å². The Bertz CT molecular complexity index is 1010. The van der Waals surface area contributed by atoms with Crippen molar-refractivity contribution in [2.75, 3.05) is 0 Å². The van der Waals surface area contributed by atoms with Crippen LogP contribution < -0.4 is 10.1 Å². The van der Waals surface area contributed by atoms with Crippen molar-refractivity contribution in [3.05, 3.63) is 43.7 Å². The number of nitrogens with zero attached hydrogens (tertiary/aromatic N) is 4. The highest BCUT2D eigenvalue weighted by Gasteiger charge is 2.28. The van der Waals surface area contributed by atoms with E-state index in [-0.39, 0.29) is 30.8 Å². The molecule has 0 aliphatic rings. The lowest BCUT2D eigenvalue weighted by molar-refractivity contribution is -0.672. The van der Waals surface area contributed by atoms with E-state index in [9.17, 15) is 18.7 Å². The van der Waals surface area contributed by atoms with Gasteiger partial charge in [0.25, 0.3) is 5.88 Å². The average molecular weight is 424 g/mol. The van der Waals surface area contributed by atoms with Gasteiger partial charge in [-0.25, -0.2) is 14.5 Å². The second kappa shape index (κ2) is 7.13. The Hall–Kier alpha value is -1.71. The molecule has 11 heteroatoms. The number of hydrogen-bond donors (Lipinski definition) is 1. The molecule has 3 aromatic heterocycles. The Morgan fingerprint density at radius 3 is 2.81 bits per heavy atom. The van der Waals surface area contributed by atoms with Gasteiger partial charge in [0.1, 0.15) is 12.1 Å². The molecular weight excluding hydrogens is 409 g/mol. The van der Waals surface area contributed by atoms with Crippen LogP contribution in [-0.4, -0.2) is 24.7 Å². The zero-order valence-corrected chi connectivity index (χ0v) is 16.0. The van der Waals surface area contributed by atoms with Crippen molar-refractivity contribution < 1.29 is 18.5 Å². The Morgan fingerprint density at radius 1 is 1.46 bits per heavy atom. The molecule has 3 aromatic rings. The van der Waals surface area contributed by atoms with E-state index in [4.69, 9.17) is 23.2 Å². The smallest absolute Gasteiger partial charge is 0.368 e. The maximum atomic E-state index is 12.9. The predicted molar refractivity (Wildman–Crippen MR) is 94.5 cm³/mol. The summed E-state index contributed by atoms with van der Waals surface area (Å²) in [6.45, 7) is 0.239. The fourth-order valence-electron chi connectivity index (χ4n) is 2.77. The molecule has 3 rings (SSSR count). The lowest BCUT2D eigenvalue weighted by atomic mass is 10.1. The Kier molecular flexibility index (Phi) is 5.23. The van der Waals surface area contributed by atoms with Crippen molar-refractivity contribution in [3.63, 3.8) is 0 Å². The first-order chi connectivity index (χ1) is 12.2. The number of fused-ring (bicyclic) bond motifs is 1. The van der Waals surface area contributed by atoms with E-state index in [0.717, 1.165) is 4.88 Å². The zero-order chi connectivity index (χ0) is 19.1. The largest absolute Gasteiger partial charge is 0.477 e. The quantitative estimate of drug-likeness (QED) is 0.489. The molecule has 0 atom stereocenters. The first-order valence-electron chi connectivity index (χ1n) is 7.66. The summed E-state index contributed by atoms with van der Waals surface area (Å²) in [6.07, 6.45) is 2.60. The van der Waals surface area contributed by atoms with Gasteiger partial charge >= 0.3 is 16.6 Å². The number of aromatic nitrogens is 4. The zero-order valence-electron chi connectivity index (χ0n) is 13.6. The highest BCUT2D eigenvalue weighted by molar-refractivity contribution is 7.15. The van der Waals surface area contributed by atoms with Crippen LogP contribution in [0.3, 0.4) is 0 Å². The number of hydrogen-bond acceptors (Lipinski definition) is 4. The summed E-state index contributed by atoms with van der Waals surface area (Å²) in [5, 5.41) is 7.31. The van der Waals surface area contributed by atoms with Crippen LogP contribution in [0.2, 0.25) is 4.47 Å². The molecule has 0 radical (unpaired) electrons. The highest BCUT2D eigenvalue weighted by Crippen LogP contribution is 2.26.